The summed E-state index contributed by atoms with van der Waals surface area (Å²) in [5.74, 6) is 1.07. The van der Waals surface area contributed by atoms with Crippen LogP contribution in [0.15, 0.2) is 23.4 Å². The van der Waals surface area contributed by atoms with Crippen molar-refractivity contribution in [3.05, 3.63) is 51.2 Å². The molecule has 2 heterocycles. The average Bonchev–Trinajstić information content (AvgIpc) is 3.37. The molecule has 0 saturated carbocycles. The zero-order chi connectivity index (χ0) is 24.9. The summed E-state index contributed by atoms with van der Waals surface area (Å²) >= 11 is 2.78. The number of hydrogen-bond acceptors (Lipinski definition) is 8. The molecule has 0 spiro atoms. The number of thioether (sulfide) groups is 1. The fourth-order valence-corrected chi connectivity index (χ4v) is 5.99. The number of carbonyl (C=O) groups excluding carboxylic acids is 2. The number of aryl methyl sites for hydroxylation is 3. The molecule has 1 aliphatic carbocycles. The molecule has 0 unspecified atom stereocenters. The molecule has 0 aliphatic heterocycles. The number of nitrogens with zero attached hydrogens (tertiary/aromatic N) is 3. The predicted molar refractivity (Wildman–Crippen MR) is 138 cm³/mol. The molecular weight excluding hydrogens is 484 g/mol. The Kier molecular flexibility index (Phi) is 8.12. The first-order valence-electron chi connectivity index (χ1n) is 11.7. The van der Waals surface area contributed by atoms with Crippen molar-refractivity contribution in [2.45, 2.75) is 58.2 Å². The fraction of sp³-hybridized carbons (Fsp3) is 0.440. The number of hydrogen-bond donors (Lipinski definition) is 1. The van der Waals surface area contributed by atoms with Gasteiger partial charge in [0.1, 0.15) is 17.4 Å². The van der Waals surface area contributed by atoms with Crippen LogP contribution in [0.5, 0.6) is 5.75 Å². The Labute approximate surface area is 213 Å². The Bertz CT molecular complexity index is 1230. The second-order valence-electron chi connectivity index (χ2n) is 8.49. The minimum Gasteiger partial charge on any atom is -0.485 e. The van der Waals surface area contributed by atoms with Gasteiger partial charge < -0.3 is 19.4 Å². The molecule has 0 bridgehead atoms. The topological polar surface area (TPSA) is 95.3 Å². The molecular formula is C25H30N4O4S2. The van der Waals surface area contributed by atoms with Crippen LogP contribution in [0, 0.1) is 13.8 Å². The van der Waals surface area contributed by atoms with E-state index in [0.717, 1.165) is 48.1 Å². The number of ether oxygens (including phenoxy) is 2. The highest BCUT2D eigenvalue weighted by Gasteiger charge is 2.27. The third kappa shape index (κ3) is 5.87. The first-order valence-corrected chi connectivity index (χ1v) is 13.5. The third-order valence-electron chi connectivity index (χ3n) is 5.86. The van der Waals surface area contributed by atoms with Gasteiger partial charge in [-0.25, -0.2) is 4.79 Å². The number of anilines is 1. The van der Waals surface area contributed by atoms with Crippen LogP contribution in [-0.4, -0.2) is 39.0 Å². The van der Waals surface area contributed by atoms with Crippen LogP contribution in [0.25, 0.3) is 0 Å². The summed E-state index contributed by atoms with van der Waals surface area (Å²) in [6.07, 6.45) is 3.92. The number of fused-ring (bicyclic) bond motifs is 1. The molecule has 10 heteroatoms. The number of benzene rings is 1. The number of aromatic nitrogens is 3. The summed E-state index contributed by atoms with van der Waals surface area (Å²) in [6, 6.07) is 6.07. The highest BCUT2D eigenvalue weighted by molar-refractivity contribution is 7.99. The summed E-state index contributed by atoms with van der Waals surface area (Å²) in [5, 5.41) is 12.6. The number of rotatable bonds is 9. The summed E-state index contributed by atoms with van der Waals surface area (Å²) < 4.78 is 13.0. The quantitative estimate of drug-likeness (QED) is 0.322. The molecule has 0 saturated heterocycles. The van der Waals surface area contributed by atoms with Crippen molar-refractivity contribution in [2.24, 2.45) is 7.05 Å². The van der Waals surface area contributed by atoms with Gasteiger partial charge in [0, 0.05) is 11.9 Å². The first-order chi connectivity index (χ1) is 16.9. The Hall–Kier alpha value is -2.85. The lowest BCUT2D eigenvalue weighted by Crippen LogP contribution is -2.17. The van der Waals surface area contributed by atoms with E-state index in [1.807, 2.05) is 43.7 Å². The highest BCUT2D eigenvalue weighted by atomic mass is 32.2. The maximum atomic E-state index is 12.8. The molecule has 1 aliphatic rings. The number of esters is 1. The van der Waals surface area contributed by atoms with E-state index in [1.165, 1.54) is 28.0 Å². The van der Waals surface area contributed by atoms with Crippen molar-refractivity contribution in [2.75, 3.05) is 17.7 Å². The largest absolute Gasteiger partial charge is 0.485 e. The van der Waals surface area contributed by atoms with Gasteiger partial charge in [-0.3, -0.25) is 4.79 Å². The smallest absolute Gasteiger partial charge is 0.341 e. The minimum absolute atomic E-state index is 0.147. The second kappa shape index (κ2) is 11.3. The van der Waals surface area contributed by atoms with Gasteiger partial charge in [-0.2, -0.15) is 0 Å². The van der Waals surface area contributed by atoms with Crippen LogP contribution in [-0.2, 0) is 36.0 Å². The summed E-state index contributed by atoms with van der Waals surface area (Å²) in [4.78, 5) is 26.5. The van der Waals surface area contributed by atoms with Crippen LogP contribution in [0.3, 0.4) is 0 Å². The molecule has 2 aromatic heterocycles. The number of carbonyl (C=O) groups is 2. The van der Waals surface area contributed by atoms with E-state index < -0.39 is 0 Å². The zero-order valence-electron chi connectivity index (χ0n) is 20.5. The van der Waals surface area contributed by atoms with E-state index >= 15 is 0 Å². The molecule has 0 fully saturated rings. The summed E-state index contributed by atoms with van der Waals surface area (Å²) in [7, 11) is 1.86. The lowest BCUT2D eigenvalue weighted by atomic mass is 9.95. The van der Waals surface area contributed by atoms with E-state index in [9.17, 15) is 9.59 Å². The van der Waals surface area contributed by atoms with Crippen molar-refractivity contribution in [3.63, 3.8) is 0 Å². The predicted octanol–water partition coefficient (Wildman–Crippen LogP) is 4.86. The van der Waals surface area contributed by atoms with Crippen molar-refractivity contribution in [1.82, 2.24) is 14.8 Å². The normalized spacial score (nSPS) is 12.8. The second-order valence-corrected chi connectivity index (χ2v) is 10.5. The zero-order valence-corrected chi connectivity index (χ0v) is 22.1. The van der Waals surface area contributed by atoms with Gasteiger partial charge in [0.05, 0.1) is 17.9 Å². The molecule has 0 atom stereocenters. The molecule has 1 aromatic carbocycles. The number of nitrogens with one attached hydrogen (secondary N) is 1. The fourth-order valence-electron chi connectivity index (χ4n) is 3.97. The van der Waals surface area contributed by atoms with Gasteiger partial charge in [-0.1, -0.05) is 23.9 Å². The van der Waals surface area contributed by atoms with Gasteiger partial charge in [-0.15, -0.1) is 21.5 Å². The molecule has 186 valence electrons. The van der Waals surface area contributed by atoms with Gasteiger partial charge in [0.25, 0.3) is 0 Å². The van der Waals surface area contributed by atoms with E-state index in [2.05, 4.69) is 15.5 Å². The van der Waals surface area contributed by atoms with Crippen molar-refractivity contribution in [3.8, 4) is 5.75 Å². The lowest BCUT2D eigenvalue weighted by molar-refractivity contribution is -0.113. The van der Waals surface area contributed by atoms with Crippen molar-refractivity contribution < 1.29 is 19.1 Å². The van der Waals surface area contributed by atoms with E-state index in [4.69, 9.17) is 9.47 Å². The lowest BCUT2D eigenvalue weighted by Gasteiger charge is -2.12. The summed E-state index contributed by atoms with van der Waals surface area (Å²) in [5.41, 5.74) is 3.74. The van der Waals surface area contributed by atoms with E-state index in [1.54, 1.807) is 6.92 Å². The molecule has 4 rings (SSSR count). The van der Waals surface area contributed by atoms with E-state index in [0.29, 0.717) is 28.2 Å². The molecule has 1 N–H and O–H groups in total. The van der Waals surface area contributed by atoms with Crippen LogP contribution < -0.4 is 10.1 Å². The summed E-state index contributed by atoms with van der Waals surface area (Å²) in [6.45, 7) is 6.39. The molecule has 1 amide bonds. The highest BCUT2D eigenvalue weighted by Crippen LogP contribution is 2.38. The number of amides is 1. The average molecular weight is 515 g/mol. The standard InChI is InChI=1S/C25H30N4O4S2/c1-5-32-24(31)22-17-8-6-7-9-19(17)35-23(22)26-21(30)14-34-25-28-27-20(29(25)4)13-33-18-12-15(2)10-11-16(18)3/h10-12H,5-9,13-14H2,1-4H3,(H,26,30). The van der Waals surface area contributed by atoms with Gasteiger partial charge >= 0.3 is 5.97 Å². The molecule has 8 nitrogen and oxygen atoms in total. The monoisotopic (exact) mass is 514 g/mol. The molecule has 3 aromatic rings. The maximum Gasteiger partial charge on any atom is 0.341 e. The van der Waals surface area contributed by atoms with Crippen molar-refractivity contribution in [1.29, 1.82) is 0 Å². The van der Waals surface area contributed by atoms with Gasteiger partial charge in [0.2, 0.25) is 5.91 Å². The Morgan fingerprint density at radius 2 is 2.00 bits per heavy atom. The van der Waals surface area contributed by atoms with Crippen LogP contribution in [0.2, 0.25) is 0 Å². The van der Waals surface area contributed by atoms with Crippen LogP contribution in [0.4, 0.5) is 5.00 Å². The number of thiophene rings is 1. The minimum atomic E-state index is -0.364. The molecule has 0 radical (unpaired) electrons. The van der Waals surface area contributed by atoms with Crippen LogP contribution in [0.1, 0.15) is 57.5 Å². The SMILES string of the molecule is CCOC(=O)c1c(NC(=O)CSc2nnc(COc3cc(C)ccc3C)n2C)sc2c1CCCC2. The van der Waals surface area contributed by atoms with Gasteiger partial charge in [0.15, 0.2) is 11.0 Å². The molecule has 35 heavy (non-hydrogen) atoms. The maximum absolute atomic E-state index is 12.8. The van der Waals surface area contributed by atoms with Gasteiger partial charge in [-0.05, 0) is 69.2 Å². The third-order valence-corrected chi connectivity index (χ3v) is 8.09. The Morgan fingerprint density at radius 3 is 2.80 bits per heavy atom. The van der Waals surface area contributed by atoms with Crippen molar-refractivity contribution >= 4 is 40.0 Å². The van der Waals surface area contributed by atoms with E-state index in [-0.39, 0.29) is 24.2 Å². The first kappa shape index (κ1) is 25.2. The van der Waals surface area contributed by atoms with Crippen LogP contribution >= 0.6 is 23.1 Å². The Morgan fingerprint density at radius 1 is 1.20 bits per heavy atom. The Balaban J connectivity index is 1.38.